The number of nitrogens with zero attached hydrogens (tertiary/aromatic N) is 3. The van der Waals surface area contributed by atoms with Crippen molar-refractivity contribution < 1.29 is 0 Å². The highest BCUT2D eigenvalue weighted by Crippen LogP contribution is 2.32. The Bertz CT molecular complexity index is 3000. The van der Waals surface area contributed by atoms with Gasteiger partial charge in [-0.05, 0) is 133 Å². The molecule has 0 aliphatic rings. The summed E-state index contributed by atoms with van der Waals surface area (Å²) in [4.78, 5) is 0. The Morgan fingerprint density at radius 1 is 0.414 bits per heavy atom. The Morgan fingerprint density at radius 2 is 0.810 bits per heavy atom. The predicted molar refractivity (Wildman–Crippen MR) is 254 cm³/mol. The maximum absolute atomic E-state index is 4.42. The monoisotopic (exact) mass is 751 g/mol. The highest BCUT2D eigenvalue weighted by Gasteiger charge is 2.12. The Hall–Kier alpha value is -6.84. The van der Waals surface area contributed by atoms with Gasteiger partial charge in [-0.25, -0.2) is 0 Å². The average Bonchev–Trinajstić information content (AvgIpc) is 3.86. The topological polar surface area (TPSA) is 14.8 Å². The summed E-state index contributed by atoms with van der Waals surface area (Å²) in [6.07, 6.45) is 17.6. The lowest BCUT2D eigenvalue weighted by molar-refractivity contribution is 0.787. The minimum absolute atomic E-state index is 0.915. The van der Waals surface area contributed by atoms with E-state index in [-0.39, 0.29) is 0 Å². The Labute approximate surface area is 341 Å². The van der Waals surface area contributed by atoms with Crippen molar-refractivity contribution >= 4 is 91.0 Å². The van der Waals surface area contributed by atoms with Crippen LogP contribution in [0.1, 0.15) is 59.8 Å². The van der Waals surface area contributed by atoms with Crippen molar-refractivity contribution in [3.8, 4) is 0 Å². The normalized spacial score (nSPS) is 12.5. The van der Waals surface area contributed by atoms with Gasteiger partial charge in [0.15, 0.2) is 0 Å². The van der Waals surface area contributed by atoms with E-state index >= 15 is 0 Å². The molecular formula is C55H49N3. The standard InChI is InChI=1S/C55H49N3/c1-6-56-50(39(5)45-15-9-12-18-51(45)56)30-22-38(4)21-23-42-33-43(26-24-40-28-31-54-48(36-40)46-16-10-13-19-52(46)57(54)7-2)35-44(34-42)27-25-41-29-32-55-49(37-41)47-17-11-14-20-53(47)58(55)8-3/h9-37H,4,6-8H2,1-3,5H3/b23-21+,26-24+,27-25+,30-22-. The summed E-state index contributed by atoms with van der Waals surface area (Å²) in [5, 5.41) is 6.48. The molecule has 9 rings (SSSR count). The fourth-order valence-corrected chi connectivity index (χ4v) is 8.90. The van der Waals surface area contributed by atoms with Crippen LogP contribution < -0.4 is 0 Å². The summed E-state index contributed by atoms with van der Waals surface area (Å²) in [5.74, 6) is 0. The van der Waals surface area contributed by atoms with Gasteiger partial charge in [0, 0.05) is 79.8 Å². The van der Waals surface area contributed by atoms with Crippen LogP contribution in [0.25, 0.3) is 91.0 Å². The second-order valence-corrected chi connectivity index (χ2v) is 15.2. The van der Waals surface area contributed by atoms with Crippen LogP contribution in [0.15, 0.2) is 152 Å². The van der Waals surface area contributed by atoms with Crippen LogP contribution in [0.3, 0.4) is 0 Å². The van der Waals surface area contributed by atoms with Gasteiger partial charge >= 0.3 is 0 Å². The fraction of sp³-hybridized carbons (Fsp3) is 0.127. The number of aryl methyl sites for hydroxylation is 4. The van der Waals surface area contributed by atoms with Gasteiger partial charge in [0.1, 0.15) is 0 Å². The second-order valence-electron chi connectivity index (χ2n) is 15.2. The van der Waals surface area contributed by atoms with E-state index in [1.165, 1.54) is 76.9 Å². The minimum Gasteiger partial charge on any atom is -0.341 e. The van der Waals surface area contributed by atoms with Gasteiger partial charge in [-0.15, -0.1) is 0 Å². The van der Waals surface area contributed by atoms with Gasteiger partial charge in [0.25, 0.3) is 0 Å². The molecule has 3 heteroatoms. The molecule has 3 heterocycles. The van der Waals surface area contributed by atoms with E-state index in [2.05, 4.69) is 224 Å². The molecule has 0 aliphatic carbocycles. The van der Waals surface area contributed by atoms with E-state index in [0.717, 1.165) is 41.9 Å². The SMILES string of the molecule is C=C(/C=C\c1c(C)c2ccccc2n1CC)/C=C/c1cc(/C=C/c2ccc3c(c2)c2ccccc2n3CC)cc(/C=C/c2ccc3c(c2)c2ccccc2n3CC)c1. The minimum atomic E-state index is 0.915. The van der Waals surface area contributed by atoms with Crippen LogP contribution in [0, 0.1) is 6.92 Å². The average molecular weight is 752 g/mol. The summed E-state index contributed by atoms with van der Waals surface area (Å²) in [6, 6.07) is 46.5. The first kappa shape index (κ1) is 36.8. The van der Waals surface area contributed by atoms with Gasteiger partial charge in [-0.1, -0.05) is 116 Å². The van der Waals surface area contributed by atoms with Gasteiger partial charge in [0.2, 0.25) is 0 Å². The zero-order chi connectivity index (χ0) is 39.8. The number of para-hydroxylation sites is 3. The molecule has 0 amide bonds. The van der Waals surface area contributed by atoms with E-state index < -0.39 is 0 Å². The summed E-state index contributed by atoms with van der Waals surface area (Å²) in [7, 11) is 0. The molecule has 0 spiro atoms. The van der Waals surface area contributed by atoms with Crippen LogP contribution in [0.4, 0.5) is 0 Å². The Kier molecular flexibility index (Phi) is 9.89. The lowest BCUT2D eigenvalue weighted by Gasteiger charge is -2.05. The van der Waals surface area contributed by atoms with Crippen LogP contribution in [-0.4, -0.2) is 13.7 Å². The summed E-state index contributed by atoms with van der Waals surface area (Å²) >= 11 is 0. The maximum atomic E-state index is 4.42. The summed E-state index contributed by atoms with van der Waals surface area (Å²) in [5.41, 5.74) is 15.6. The molecule has 0 saturated heterocycles. The zero-order valence-electron chi connectivity index (χ0n) is 33.9. The van der Waals surface area contributed by atoms with Crippen molar-refractivity contribution in [2.24, 2.45) is 0 Å². The molecule has 0 bridgehead atoms. The number of benzene rings is 6. The van der Waals surface area contributed by atoms with Crippen LogP contribution in [0.2, 0.25) is 0 Å². The third-order valence-electron chi connectivity index (χ3n) is 11.7. The molecule has 0 aliphatic heterocycles. The number of hydrogen-bond acceptors (Lipinski definition) is 0. The Balaban J connectivity index is 1.05. The second kappa shape index (κ2) is 15.6. The number of allylic oxidation sites excluding steroid dienone is 3. The first-order valence-corrected chi connectivity index (χ1v) is 20.6. The van der Waals surface area contributed by atoms with E-state index in [1.807, 2.05) is 0 Å². The molecule has 0 unspecified atom stereocenters. The molecule has 0 fully saturated rings. The highest BCUT2D eigenvalue weighted by molar-refractivity contribution is 6.10. The van der Waals surface area contributed by atoms with Gasteiger partial charge in [-0.2, -0.15) is 0 Å². The van der Waals surface area contributed by atoms with Crippen LogP contribution in [0.5, 0.6) is 0 Å². The zero-order valence-corrected chi connectivity index (χ0v) is 33.9. The molecule has 3 nitrogen and oxygen atoms in total. The smallest absolute Gasteiger partial charge is 0.0491 e. The van der Waals surface area contributed by atoms with Crippen molar-refractivity contribution in [1.82, 2.24) is 13.7 Å². The lowest BCUT2D eigenvalue weighted by Crippen LogP contribution is -1.96. The number of hydrogen-bond donors (Lipinski definition) is 0. The molecular weight excluding hydrogens is 703 g/mol. The molecule has 58 heavy (non-hydrogen) atoms. The maximum Gasteiger partial charge on any atom is 0.0491 e. The fourth-order valence-electron chi connectivity index (χ4n) is 8.90. The summed E-state index contributed by atoms with van der Waals surface area (Å²) < 4.78 is 7.19. The predicted octanol–water partition coefficient (Wildman–Crippen LogP) is 14.8. The van der Waals surface area contributed by atoms with Crippen LogP contribution >= 0.6 is 0 Å². The van der Waals surface area contributed by atoms with Crippen molar-refractivity contribution in [1.29, 1.82) is 0 Å². The van der Waals surface area contributed by atoms with Crippen molar-refractivity contribution in [2.45, 2.75) is 47.3 Å². The van der Waals surface area contributed by atoms with Gasteiger partial charge in [-0.3, -0.25) is 0 Å². The van der Waals surface area contributed by atoms with E-state index in [4.69, 9.17) is 0 Å². The molecule has 0 saturated carbocycles. The molecule has 0 atom stereocenters. The Morgan fingerprint density at radius 3 is 1.31 bits per heavy atom. The molecule has 6 aromatic carbocycles. The number of aromatic nitrogens is 3. The molecule has 3 aromatic heterocycles. The van der Waals surface area contributed by atoms with Crippen LogP contribution in [-0.2, 0) is 19.6 Å². The summed E-state index contributed by atoms with van der Waals surface area (Å²) in [6.45, 7) is 16.1. The third kappa shape index (κ3) is 6.73. The van der Waals surface area contributed by atoms with E-state index in [1.54, 1.807) is 0 Å². The number of rotatable bonds is 11. The first-order chi connectivity index (χ1) is 28.4. The third-order valence-corrected chi connectivity index (χ3v) is 11.7. The molecule has 284 valence electrons. The quantitative estimate of drug-likeness (QED) is 0.0923. The van der Waals surface area contributed by atoms with Crippen molar-refractivity contribution in [3.63, 3.8) is 0 Å². The van der Waals surface area contributed by atoms with E-state index in [9.17, 15) is 0 Å². The molecule has 0 radical (unpaired) electrons. The number of fused-ring (bicyclic) bond motifs is 7. The van der Waals surface area contributed by atoms with Crippen molar-refractivity contribution in [2.75, 3.05) is 0 Å². The highest BCUT2D eigenvalue weighted by atomic mass is 15.0. The lowest BCUT2D eigenvalue weighted by atomic mass is 10.0. The molecule has 0 N–H and O–H groups in total. The van der Waals surface area contributed by atoms with Gasteiger partial charge in [0.05, 0.1) is 0 Å². The van der Waals surface area contributed by atoms with E-state index in [0.29, 0.717) is 0 Å². The largest absolute Gasteiger partial charge is 0.341 e. The first-order valence-electron chi connectivity index (χ1n) is 20.6. The molecule has 9 aromatic rings. The van der Waals surface area contributed by atoms with Gasteiger partial charge < -0.3 is 13.7 Å². The van der Waals surface area contributed by atoms with Crippen molar-refractivity contribution in [3.05, 3.63) is 191 Å².